The molecule has 2 N–H and O–H groups in total. The fraction of sp³-hybridized carbons (Fsp3) is 0.300. The van der Waals surface area contributed by atoms with Crippen LogP contribution in [0.3, 0.4) is 0 Å². The van der Waals surface area contributed by atoms with Crippen molar-refractivity contribution in [2.45, 2.75) is 11.7 Å². The number of rotatable bonds is 3. The number of aromatic nitrogens is 1. The van der Waals surface area contributed by atoms with Crippen molar-refractivity contribution in [2.24, 2.45) is 5.73 Å². The quantitative estimate of drug-likeness (QED) is 0.801. The molecule has 1 aromatic rings. The number of nitrogens with zero attached hydrogens (tertiary/aromatic N) is 1. The Hall–Kier alpha value is -0.450. The first-order valence-electron chi connectivity index (χ1n) is 4.55. The standard InChI is InChI=1S/C10H12N2S2/c11-5-4-10-8(7-13-14-10)9-3-1-2-6-12-9/h1-3,6-7,10H,4-5,11H2. The van der Waals surface area contributed by atoms with Gasteiger partial charge in [-0.25, -0.2) is 0 Å². The summed E-state index contributed by atoms with van der Waals surface area (Å²) in [5.74, 6) is 0. The van der Waals surface area contributed by atoms with Crippen LogP contribution in [0.25, 0.3) is 5.57 Å². The van der Waals surface area contributed by atoms with Gasteiger partial charge < -0.3 is 5.73 Å². The van der Waals surface area contributed by atoms with Gasteiger partial charge in [-0.05, 0) is 36.1 Å². The van der Waals surface area contributed by atoms with Crippen molar-refractivity contribution < 1.29 is 0 Å². The van der Waals surface area contributed by atoms with Crippen molar-refractivity contribution in [1.82, 2.24) is 4.98 Å². The number of pyridine rings is 1. The third-order valence-electron chi connectivity index (χ3n) is 2.08. The molecule has 0 aromatic carbocycles. The highest BCUT2D eigenvalue weighted by atomic mass is 33.1. The maximum atomic E-state index is 5.58. The summed E-state index contributed by atoms with van der Waals surface area (Å²) in [5, 5.41) is 2.70. The minimum absolute atomic E-state index is 0.514. The van der Waals surface area contributed by atoms with Crippen molar-refractivity contribution in [3.63, 3.8) is 0 Å². The van der Waals surface area contributed by atoms with Gasteiger partial charge in [-0.3, -0.25) is 4.98 Å². The lowest BCUT2D eigenvalue weighted by molar-refractivity contribution is 0.879. The van der Waals surface area contributed by atoms with Gasteiger partial charge in [0.1, 0.15) is 0 Å². The van der Waals surface area contributed by atoms with Crippen LogP contribution in [-0.2, 0) is 0 Å². The molecule has 1 aromatic heterocycles. The van der Waals surface area contributed by atoms with Crippen LogP contribution in [0.4, 0.5) is 0 Å². The maximum absolute atomic E-state index is 5.58. The molecule has 1 unspecified atom stereocenters. The average molecular weight is 224 g/mol. The Morgan fingerprint density at radius 1 is 1.43 bits per heavy atom. The maximum Gasteiger partial charge on any atom is 0.0678 e. The molecule has 4 heteroatoms. The molecule has 2 rings (SSSR count). The van der Waals surface area contributed by atoms with Gasteiger partial charge in [0, 0.05) is 11.4 Å². The molecule has 1 aliphatic rings. The van der Waals surface area contributed by atoms with Crippen molar-refractivity contribution >= 4 is 27.2 Å². The zero-order chi connectivity index (χ0) is 9.80. The third-order valence-corrected chi connectivity index (χ3v) is 4.59. The first-order valence-corrected chi connectivity index (χ1v) is 6.83. The molecule has 2 heterocycles. The van der Waals surface area contributed by atoms with E-state index >= 15 is 0 Å². The summed E-state index contributed by atoms with van der Waals surface area (Å²) in [6.45, 7) is 0.738. The smallest absolute Gasteiger partial charge is 0.0678 e. The van der Waals surface area contributed by atoms with E-state index in [0.29, 0.717) is 5.25 Å². The first kappa shape index (κ1) is 10.1. The van der Waals surface area contributed by atoms with E-state index in [1.807, 2.05) is 29.1 Å². The minimum Gasteiger partial charge on any atom is -0.330 e. The summed E-state index contributed by atoms with van der Waals surface area (Å²) in [7, 11) is 3.66. The van der Waals surface area contributed by atoms with Gasteiger partial charge in [-0.15, -0.1) is 0 Å². The van der Waals surface area contributed by atoms with Crippen LogP contribution >= 0.6 is 21.6 Å². The van der Waals surface area contributed by atoms with E-state index in [1.54, 1.807) is 10.8 Å². The molecular weight excluding hydrogens is 212 g/mol. The van der Waals surface area contributed by atoms with E-state index in [9.17, 15) is 0 Å². The van der Waals surface area contributed by atoms with Crippen LogP contribution in [0.15, 0.2) is 29.8 Å². The van der Waals surface area contributed by atoms with E-state index in [4.69, 9.17) is 5.73 Å². The van der Waals surface area contributed by atoms with Gasteiger partial charge >= 0.3 is 0 Å². The SMILES string of the molecule is NCCC1SSC=C1c1ccccn1. The molecule has 0 aliphatic carbocycles. The Morgan fingerprint density at radius 2 is 2.36 bits per heavy atom. The highest BCUT2D eigenvalue weighted by molar-refractivity contribution is 8.78. The van der Waals surface area contributed by atoms with Crippen LogP contribution < -0.4 is 5.73 Å². The minimum atomic E-state index is 0.514. The summed E-state index contributed by atoms with van der Waals surface area (Å²) in [6, 6.07) is 6.02. The summed E-state index contributed by atoms with van der Waals surface area (Å²) < 4.78 is 0. The van der Waals surface area contributed by atoms with Gasteiger partial charge in [0.2, 0.25) is 0 Å². The molecule has 74 valence electrons. The van der Waals surface area contributed by atoms with Crippen LogP contribution in [0, 0.1) is 0 Å². The van der Waals surface area contributed by atoms with Crippen molar-refractivity contribution in [1.29, 1.82) is 0 Å². The molecule has 0 bridgehead atoms. The molecule has 0 amide bonds. The van der Waals surface area contributed by atoms with Gasteiger partial charge in [0.15, 0.2) is 0 Å². The second-order valence-corrected chi connectivity index (χ2v) is 5.39. The monoisotopic (exact) mass is 224 g/mol. The molecule has 1 atom stereocenters. The second-order valence-electron chi connectivity index (χ2n) is 3.05. The molecule has 0 saturated carbocycles. The lowest BCUT2D eigenvalue weighted by Gasteiger charge is -2.10. The largest absolute Gasteiger partial charge is 0.330 e. The highest BCUT2D eigenvalue weighted by Crippen LogP contribution is 2.45. The molecular formula is C10H12N2S2. The summed E-state index contributed by atoms with van der Waals surface area (Å²) >= 11 is 0. The van der Waals surface area contributed by atoms with Gasteiger partial charge in [0.25, 0.3) is 0 Å². The van der Waals surface area contributed by atoms with Crippen molar-refractivity contribution in [3.05, 3.63) is 35.5 Å². The fourth-order valence-corrected chi connectivity index (χ4v) is 4.06. The lowest BCUT2D eigenvalue weighted by atomic mass is 10.1. The predicted octanol–water partition coefficient (Wildman–Crippen LogP) is 2.53. The zero-order valence-corrected chi connectivity index (χ0v) is 9.35. The van der Waals surface area contributed by atoms with Crippen molar-refractivity contribution in [3.8, 4) is 0 Å². The number of hydrogen-bond donors (Lipinski definition) is 1. The first-order chi connectivity index (χ1) is 6.92. The third kappa shape index (κ3) is 2.13. The average Bonchev–Trinajstić information content (AvgIpc) is 2.68. The van der Waals surface area contributed by atoms with Crippen LogP contribution in [0.5, 0.6) is 0 Å². The van der Waals surface area contributed by atoms with Gasteiger partial charge in [-0.2, -0.15) is 0 Å². The summed E-state index contributed by atoms with van der Waals surface area (Å²) in [4.78, 5) is 4.36. The van der Waals surface area contributed by atoms with E-state index < -0.39 is 0 Å². The number of hydrogen-bond acceptors (Lipinski definition) is 4. The van der Waals surface area contributed by atoms with Crippen LogP contribution in [0.2, 0.25) is 0 Å². The molecule has 1 aliphatic heterocycles. The molecule has 2 nitrogen and oxygen atoms in total. The van der Waals surface area contributed by atoms with E-state index in [2.05, 4.69) is 16.5 Å². The van der Waals surface area contributed by atoms with Gasteiger partial charge in [-0.1, -0.05) is 27.7 Å². The van der Waals surface area contributed by atoms with Crippen LogP contribution in [0.1, 0.15) is 12.1 Å². The number of nitrogens with two attached hydrogens (primary N) is 1. The van der Waals surface area contributed by atoms with Crippen molar-refractivity contribution in [2.75, 3.05) is 6.54 Å². The lowest BCUT2D eigenvalue weighted by Crippen LogP contribution is -2.10. The summed E-state index contributed by atoms with van der Waals surface area (Å²) in [5.41, 5.74) is 7.99. The summed E-state index contributed by atoms with van der Waals surface area (Å²) in [6.07, 6.45) is 2.86. The van der Waals surface area contributed by atoms with Gasteiger partial charge in [0.05, 0.1) is 5.69 Å². The second kappa shape index (κ2) is 4.87. The molecule has 0 spiro atoms. The topological polar surface area (TPSA) is 38.9 Å². The van der Waals surface area contributed by atoms with E-state index in [1.165, 1.54) is 5.57 Å². The Balaban J connectivity index is 2.18. The molecule has 0 saturated heterocycles. The normalized spacial score (nSPS) is 20.9. The van der Waals surface area contributed by atoms with Crippen LogP contribution in [-0.4, -0.2) is 16.8 Å². The highest BCUT2D eigenvalue weighted by Gasteiger charge is 2.21. The Bertz CT molecular complexity index is 324. The predicted molar refractivity (Wildman–Crippen MR) is 64.9 cm³/mol. The Morgan fingerprint density at radius 3 is 3.07 bits per heavy atom. The molecule has 0 radical (unpaired) electrons. The molecule has 14 heavy (non-hydrogen) atoms. The fourth-order valence-electron chi connectivity index (χ4n) is 1.39. The van der Waals surface area contributed by atoms with E-state index in [0.717, 1.165) is 18.7 Å². The zero-order valence-electron chi connectivity index (χ0n) is 7.72. The molecule has 0 fully saturated rings. The Kier molecular flexibility index (Phi) is 3.50. The Labute approximate surface area is 91.8 Å². The van der Waals surface area contributed by atoms with E-state index in [-0.39, 0.29) is 0 Å².